The normalized spacial score (nSPS) is 9.87. The Labute approximate surface area is 90.8 Å². The van der Waals surface area contributed by atoms with E-state index in [1.165, 1.54) is 11.8 Å². The van der Waals surface area contributed by atoms with Gasteiger partial charge in [-0.2, -0.15) is 5.26 Å². The fourth-order valence-corrected chi connectivity index (χ4v) is 1.72. The molecule has 5 nitrogen and oxygen atoms in total. The van der Waals surface area contributed by atoms with Crippen LogP contribution in [-0.4, -0.2) is 19.5 Å². The number of hydrogen-bond acceptors (Lipinski definition) is 5. The average Bonchev–Trinajstić information content (AvgIpc) is 2.65. The Morgan fingerprint density at radius 1 is 1.40 bits per heavy atom. The molecule has 0 radical (unpaired) electrons. The van der Waals surface area contributed by atoms with Gasteiger partial charge < -0.3 is 4.57 Å². The second-order valence-corrected chi connectivity index (χ2v) is 3.69. The van der Waals surface area contributed by atoms with Gasteiger partial charge in [0.1, 0.15) is 11.8 Å². The molecule has 0 aliphatic rings. The Kier molecular flexibility index (Phi) is 2.65. The van der Waals surface area contributed by atoms with Crippen LogP contribution < -0.4 is 0 Å². The maximum atomic E-state index is 8.67. The first-order valence-electron chi connectivity index (χ1n) is 4.18. The van der Waals surface area contributed by atoms with Crippen LogP contribution in [0.1, 0.15) is 5.69 Å². The van der Waals surface area contributed by atoms with Crippen molar-refractivity contribution in [3.05, 3.63) is 30.4 Å². The van der Waals surface area contributed by atoms with Gasteiger partial charge >= 0.3 is 0 Å². The highest BCUT2D eigenvalue weighted by Gasteiger charge is 2.05. The molecule has 0 amide bonds. The van der Waals surface area contributed by atoms with E-state index in [0.29, 0.717) is 10.9 Å². The van der Waals surface area contributed by atoms with Gasteiger partial charge in [0.05, 0.1) is 0 Å². The van der Waals surface area contributed by atoms with Crippen molar-refractivity contribution in [3.63, 3.8) is 0 Å². The fourth-order valence-electron chi connectivity index (χ4n) is 0.984. The summed E-state index contributed by atoms with van der Waals surface area (Å²) in [6.07, 6.45) is 5.11. The molecule has 0 bridgehead atoms. The molecule has 2 aromatic rings. The Morgan fingerprint density at radius 2 is 2.27 bits per heavy atom. The first kappa shape index (κ1) is 9.68. The van der Waals surface area contributed by atoms with E-state index >= 15 is 0 Å². The molecule has 0 N–H and O–H groups in total. The van der Waals surface area contributed by atoms with Crippen molar-refractivity contribution in [2.45, 2.75) is 10.3 Å². The van der Waals surface area contributed by atoms with E-state index in [0.717, 1.165) is 5.16 Å². The summed E-state index contributed by atoms with van der Waals surface area (Å²) in [7, 11) is 1.89. The second kappa shape index (κ2) is 4.11. The van der Waals surface area contributed by atoms with Gasteiger partial charge in [-0.1, -0.05) is 0 Å². The van der Waals surface area contributed by atoms with Crippen LogP contribution in [0, 0.1) is 11.3 Å². The molecular formula is C9H7N5S. The zero-order chi connectivity index (χ0) is 10.7. The van der Waals surface area contributed by atoms with Crippen molar-refractivity contribution in [1.29, 1.82) is 5.26 Å². The van der Waals surface area contributed by atoms with Crippen molar-refractivity contribution < 1.29 is 0 Å². The molecule has 2 heterocycles. The monoisotopic (exact) mass is 217 g/mol. The molecule has 0 aliphatic carbocycles. The zero-order valence-electron chi connectivity index (χ0n) is 7.95. The van der Waals surface area contributed by atoms with Crippen LogP contribution in [0.5, 0.6) is 0 Å². The van der Waals surface area contributed by atoms with E-state index < -0.39 is 0 Å². The molecule has 74 valence electrons. The van der Waals surface area contributed by atoms with Gasteiger partial charge in [-0.15, -0.1) is 0 Å². The Bertz CT molecular complexity index is 513. The fraction of sp³-hybridized carbons (Fsp3) is 0.111. The molecule has 2 aromatic heterocycles. The van der Waals surface area contributed by atoms with E-state index in [9.17, 15) is 0 Å². The van der Waals surface area contributed by atoms with Crippen LogP contribution in [0.4, 0.5) is 0 Å². The summed E-state index contributed by atoms with van der Waals surface area (Å²) in [5.74, 6) is 0. The van der Waals surface area contributed by atoms with Crippen molar-refractivity contribution >= 4 is 11.8 Å². The molecule has 15 heavy (non-hydrogen) atoms. The summed E-state index contributed by atoms with van der Waals surface area (Å²) in [6.45, 7) is 0. The van der Waals surface area contributed by atoms with E-state index in [2.05, 4.69) is 15.0 Å². The summed E-state index contributed by atoms with van der Waals surface area (Å²) < 4.78 is 1.87. The Balaban J connectivity index is 2.25. The number of nitriles is 1. The third-order valence-electron chi connectivity index (χ3n) is 1.71. The topological polar surface area (TPSA) is 67.4 Å². The van der Waals surface area contributed by atoms with Crippen molar-refractivity contribution in [3.8, 4) is 6.07 Å². The third-order valence-corrected chi connectivity index (χ3v) is 2.66. The van der Waals surface area contributed by atoms with Crippen LogP contribution in [0.3, 0.4) is 0 Å². The van der Waals surface area contributed by atoms with Crippen LogP contribution in [0.25, 0.3) is 0 Å². The predicted octanol–water partition coefficient (Wildman–Crippen LogP) is 1.23. The molecule has 0 fully saturated rings. The second-order valence-electron chi connectivity index (χ2n) is 2.76. The number of nitrogens with zero attached hydrogens (tertiary/aromatic N) is 5. The molecule has 0 atom stereocenters. The lowest BCUT2D eigenvalue weighted by molar-refractivity contribution is 0.785. The average molecular weight is 217 g/mol. The highest BCUT2D eigenvalue weighted by atomic mass is 32.2. The summed E-state index contributed by atoms with van der Waals surface area (Å²) in [5, 5.41) is 10.00. The highest BCUT2D eigenvalue weighted by molar-refractivity contribution is 7.99. The van der Waals surface area contributed by atoms with Crippen molar-refractivity contribution in [2.75, 3.05) is 0 Å². The SMILES string of the molecule is Cn1ccnc1Sc1nccc(C#N)n1. The third kappa shape index (κ3) is 2.14. The first-order valence-corrected chi connectivity index (χ1v) is 4.99. The van der Waals surface area contributed by atoms with Crippen LogP contribution in [0.2, 0.25) is 0 Å². The smallest absolute Gasteiger partial charge is 0.196 e. The lowest BCUT2D eigenvalue weighted by atomic mass is 10.5. The zero-order valence-corrected chi connectivity index (χ0v) is 8.77. The maximum absolute atomic E-state index is 8.67. The number of aryl methyl sites for hydroxylation is 1. The van der Waals surface area contributed by atoms with Crippen molar-refractivity contribution in [2.24, 2.45) is 7.05 Å². The minimum absolute atomic E-state index is 0.363. The summed E-state index contributed by atoms with van der Waals surface area (Å²) in [4.78, 5) is 12.2. The van der Waals surface area contributed by atoms with E-state index in [4.69, 9.17) is 5.26 Å². The minimum atomic E-state index is 0.363. The molecule has 6 heteroatoms. The summed E-state index contributed by atoms with van der Waals surface area (Å²) in [6, 6.07) is 3.54. The molecular weight excluding hydrogens is 210 g/mol. The standard InChI is InChI=1S/C9H7N5S/c1-14-5-4-12-9(14)15-8-11-3-2-7(6-10)13-8/h2-5H,1H3. The van der Waals surface area contributed by atoms with Gasteiger partial charge in [0.25, 0.3) is 0 Å². The maximum Gasteiger partial charge on any atom is 0.196 e. The van der Waals surface area contributed by atoms with Crippen LogP contribution in [0.15, 0.2) is 35.0 Å². The summed E-state index contributed by atoms with van der Waals surface area (Å²) >= 11 is 1.33. The largest absolute Gasteiger partial charge is 0.329 e. The minimum Gasteiger partial charge on any atom is -0.329 e. The van der Waals surface area contributed by atoms with E-state index in [-0.39, 0.29) is 0 Å². The molecule has 0 saturated carbocycles. The number of aromatic nitrogens is 4. The highest BCUT2D eigenvalue weighted by Crippen LogP contribution is 2.21. The lowest BCUT2D eigenvalue weighted by Gasteiger charge is -1.99. The number of hydrogen-bond donors (Lipinski definition) is 0. The van der Waals surface area contributed by atoms with Crippen LogP contribution >= 0.6 is 11.8 Å². The molecule has 0 aliphatic heterocycles. The van der Waals surface area contributed by atoms with Gasteiger partial charge in [-0.05, 0) is 17.8 Å². The molecule has 0 saturated heterocycles. The molecule has 0 unspecified atom stereocenters. The predicted molar refractivity (Wildman–Crippen MR) is 54.1 cm³/mol. The molecule has 2 rings (SSSR count). The number of rotatable bonds is 2. The van der Waals surface area contributed by atoms with Crippen LogP contribution in [-0.2, 0) is 7.05 Å². The quantitative estimate of drug-likeness (QED) is 0.708. The van der Waals surface area contributed by atoms with Gasteiger partial charge in [0.2, 0.25) is 0 Å². The van der Waals surface area contributed by atoms with E-state index in [1.54, 1.807) is 18.5 Å². The van der Waals surface area contributed by atoms with Gasteiger partial charge in [0.15, 0.2) is 10.3 Å². The molecule has 0 spiro atoms. The molecule has 0 aromatic carbocycles. The van der Waals surface area contributed by atoms with Gasteiger partial charge in [-0.3, -0.25) is 0 Å². The lowest BCUT2D eigenvalue weighted by Crippen LogP contribution is -1.93. The Morgan fingerprint density at radius 3 is 2.93 bits per heavy atom. The van der Waals surface area contributed by atoms with Gasteiger partial charge in [0, 0.05) is 25.6 Å². The van der Waals surface area contributed by atoms with Crippen molar-refractivity contribution in [1.82, 2.24) is 19.5 Å². The number of imidazole rings is 1. The summed E-state index contributed by atoms with van der Waals surface area (Å²) in [5.41, 5.74) is 0.363. The first-order chi connectivity index (χ1) is 7.29. The Hall–Kier alpha value is -1.87. The van der Waals surface area contributed by atoms with E-state index in [1.807, 2.05) is 23.9 Å². The van der Waals surface area contributed by atoms with Gasteiger partial charge in [-0.25, -0.2) is 15.0 Å².